The number of aromatic nitrogens is 1. The van der Waals surface area contributed by atoms with Gasteiger partial charge in [0.15, 0.2) is 12.0 Å². The molecule has 0 radical (unpaired) electrons. The van der Waals surface area contributed by atoms with Crippen molar-refractivity contribution in [2.45, 2.75) is 12.8 Å². The number of hydrogen-bond acceptors (Lipinski definition) is 3. The first-order valence-electron chi connectivity index (χ1n) is 4.91. The Kier molecular flexibility index (Phi) is 2.97. The van der Waals surface area contributed by atoms with E-state index in [1.54, 1.807) is 0 Å². The molecule has 0 atom stereocenters. The average Bonchev–Trinajstić information content (AvgIpc) is 2.88. The molecule has 0 aliphatic carbocycles. The maximum Gasteiger partial charge on any atom is 0.220 e. The molecule has 4 nitrogen and oxygen atoms in total. The summed E-state index contributed by atoms with van der Waals surface area (Å²) in [5, 5.41) is 2.68. The zero-order valence-corrected chi connectivity index (χ0v) is 8.27. The lowest BCUT2D eigenvalue weighted by Crippen LogP contribution is -2.12. The van der Waals surface area contributed by atoms with Gasteiger partial charge in [-0.05, 0) is 18.6 Å². The van der Waals surface area contributed by atoms with Crippen LogP contribution in [0.1, 0.15) is 12.8 Å². The molecule has 1 saturated heterocycles. The molecule has 3 rings (SSSR count). The lowest BCUT2D eigenvalue weighted by molar-refractivity contribution is -0.119. The molecule has 15 heavy (non-hydrogen) atoms. The van der Waals surface area contributed by atoms with Crippen LogP contribution in [0.5, 0.6) is 0 Å². The molecule has 1 aromatic carbocycles. The SMILES string of the molecule is O=C1CCCN1.c1ccc2ocnc2c1. The molecule has 1 N–H and O–H groups in total. The minimum Gasteiger partial charge on any atom is -0.443 e. The van der Waals surface area contributed by atoms with Gasteiger partial charge in [0.05, 0.1) is 0 Å². The van der Waals surface area contributed by atoms with Gasteiger partial charge in [0.1, 0.15) is 5.52 Å². The first-order valence-corrected chi connectivity index (χ1v) is 4.91. The van der Waals surface area contributed by atoms with Gasteiger partial charge in [-0.3, -0.25) is 4.79 Å². The van der Waals surface area contributed by atoms with E-state index >= 15 is 0 Å². The average molecular weight is 204 g/mol. The summed E-state index contributed by atoms with van der Waals surface area (Å²) in [6.07, 6.45) is 3.21. The normalized spacial score (nSPS) is 14.5. The molecule has 1 amide bonds. The summed E-state index contributed by atoms with van der Waals surface area (Å²) >= 11 is 0. The van der Waals surface area contributed by atoms with Gasteiger partial charge in [0, 0.05) is 13.0 Å². The zero-order chi connectivity index (χ0) is 10.5. The molecule has 1 aliphatic rings. The highest BCUT2D eigenvalue weighted by atomic mass is 16.3. The number of fused-ring (bicyclic) bond motifs is 1. The zero-order valence-electron chi connectivity index (χ0n) is 8.27. The molecule has 0 unspecified atom stereocenters. The standard InChI is InChI=1S/C7H5NO.C4H7NO/c1-2-4-7-6(3-1)8-5-9-7;6-4-2-1-3-5-4/h1-5H;1-3H2,(H,5,6). The van der Waals surface area contributed by atoms with Crippen molar-refractivity contribution in [1.29, 1.82) is 0 Å². The molecule has 0 spiro atoms. The fraction of sp³-hybridized carbons (Fsp3) is 0.273. The van der Waals surface area contributed by atoms with Crippen LogP contribution in [0.3, 0.4) is 0 Å². The monoisotopic (exact) mass is 204 g/mol. The van der Waals surface area contributed by atoms with Crippen molar-refractivity contribution in [2.75, 3.05) is 6.54 Å². The Labute approximate surface area is 87.3 Å². The predicted molar refractivity (Wildman–Crippen MR) is 56.3 cm³/mol. The molecule has 1 aliphatic heterocycles. The second kappa shape index (κ2) is 4.59. The Morgan fingerprint density at radius 2 is 2.20 bits per heavy atom. The van der Waals surface area contributed by atoms with Crippen LogP contribution in [0.15, 0.2) is 35.1 Å². The Bertz CT molecular complexity index is 412. The van der Waals surface area contributed by atoms with Crippen molar-refractivity contribution in [3.8, 4) is 0 Å². The molecule has 4 heteroatoms. The Balaban J connectivity index is 0.000000124. The van der Waals surface area contributed by atoms with Crippen molar-refractivity contribution >= 4 is 17.0 Å². The number of carbonyl (C=O) groups excluding carboxylic acids is 1. The van der Waals surface area contributed by atoms with E-state index < -0.39 is 0 Å². The molecule has 2 aromatic rings. The maximum atomic E-state index is 10.1. The Morgan fingerprint density at radius 3 is 2.80 bits per heavy atom. The van der Waals surface area contributed by atoms with E-state index in [1.807, 2.05) is 24.3 Å². The van der Waals surface area contributed by atoms with Crippen LogP contribution >= 0.6 is 0 Å². The van der Waals surface area contributed by atoms with Gasteiger partial charge >= 0.3 is 0 Å². The molecule has 0 bridgehead atoms. The summed E-state index contributed by atoms with van der Waals surface area (Å²) in [6.45, 7) is 0.888. The first-order chi connectivity index (χ1) is 7.36. The lowest BCUT2D eigenvalue weighted by atomic mass is 10.3. The topological polar surface area (TPSA) is 55.1 Å². The van der Waals surface area contributed by atoms with E-state index in [0.717, 1.165) is 30.5 Å². The number of carbonyl (C=O) groups is 1. The molecular formula is C11H12N2O2. The summed E-state index contributed by atoms with van der Waals surface area (Å²) in [7, 11) is 0. The third-order valence-corrected chi connectivity index (χ3v) is 2.14. The van der Waals surface area contributed by atoms with E-state index in [2.05, 4.69) is 10.3 Å². The highest BCUT2D eigenvalue weighted by Gasteiger charge is 2.05. The molecule has 2 heterocycles. The number of nitrogens with zero attached hydrogens (tertiary/aromatic N) is 1. The van der Waals surface area contributed by atoms with Gasteiger partial charge in [-0.25, -0.2) is 4.98 Å². The molecule has 1 fully saturated rings. The van der Waals surface area contributed by atoms with Crippen LogP contribution in [-0.4, -0.2) is 17.4 Å². The molecule has 1 aromatic heterocycles. The molecule has 0 saturated carbocycles. The van der Waals surface area contributed by atoms with Crippen LogP contribution in [-0.2, 0) is 4.79 Å². The van der Waals surface area contributed by atoms with Crippen LogP contribution in [0.2, 0.25) is 0 Å². The molecular weight excluding hydrogens is 192 g/mol. The van der Waals surface area contributed by atoms with Crippen molar-refractivity contribution in [1.82, 2.24) is 10.3 Å². The van der Waals surface area contributed by atoms with Crippen LogP contribution < -0.4 is 5.32 Å². The minimum absolute atomic E-state index is 0.204. The number of benzene rings is 1. The summed E-state index contributed by atoms with van der Waals surface area (Å²) < 4.78 is 5.01. The quantitative estimate of drug-likeness (QED) is 0.711. The van der Waals surface area contributed by atoms with Crippen LogP contribution in [0.25, 0.3) is 11.1 Å². The second-order valence-electron chi connectivity index (χ2n) is 3.27. The summed E-state index contributed by atoms with van der Waals surface area (Å²) in [4.78, 5) is 14.1. The number of oxazole rings is 1. The number of amides is 1. The Hall–Kier alpha value is -1.84. The summed E-state index contributed by atoms with van der Waals surface area (Å²) in [5.41, 5.74) is 1.76. The number of hydrogen-bond donors (Lipinski definition) is 1. The predicted octanol–water partition coefficient (Wildman–Crippen LogP) is 1.72. The van der Waals surface area contributed by atoms with Gasteiger partial charge in [-0.2, -0.15) is 0 Å². The fourth-order valence-corrected chi connectivity index (χ4v) is 1.37. The summed E-state index contributed by atoms with van der Waals surface area (Å²) in [5.74, 6) is 0.204. The van der Waals surface area contributed by atoms with Gasteiger partial charge < -0.3 is 9.73 Å². The minimum atomic E-state index is 0.204. The van der Waals surface area contributed by atoms with E-state index in [0.29, 0.717) is 0 Å². The van der Waals surface area contributed by atoms with Crippen molar-refractivity contribution in [3.05, 3.63) is 30.7 Å². The van der Waals surface area contributed by atoms with Gasteiger partial charge in [-0.15, -0.1) is 0 Å². The van der Waals surface area contributed by atoms with Crippen molar-refractivity contribution in [3.63, 3.8) is 0 Å². The number of rotatable bonds is 0. The largest absolute Gasteiger partial charge is 0.443 e. The van der Waals surface area contributed by atoms with Crippen LogP contribution in [0, 0.1) is 0 Å². The van der Waals surface area contributed by atoms with Crippen LogP contribution in [0.4, 0.5) is 0 Å². The lowest BCUT2D eigenvalue weighted by Gasteiger charge is -1.80. The van der Waals surface area contributed by atoms with Gasteiger partial charge in [0.25, 0.3) is 0 Å². The van der Waals surface area contributed by atoms with E-state index in [4.69, 9.17) is 4.42 Å². The second-order valence-corrected chi connectivity index (χ2v) is 3.27. The number of para-hydroxylation sites is 2. The first kappa shape index (κ1) is 9.71. The summed E-state index contributed by atoms with van der Waals surface area (Å²) in [6, 6.07) is 7.67. The van der Waals surface area contributed by atoms with E-state index in [-0.39, 0.29) is 5.91 Å². The van der Waals surface area contributed by atoms with Gasteiger partial charge in [0.2, 0.25) is 5.91 Å². The third kappa shape index (κ3) is 2.56. The van der Waals surface area contributed by atoms with Gasteiger partial charge in [-0.1, -0.05) is 12.1 Å². The van der Waals surface area contributed by atoms with E-state index in [1.165, 1.54) is 6.39 Å². The van der Waals surface area contributed by atoms with E-state index in [9.17, 15) is 4.79 Å². The molecule has 78 valence electrons. The number of nitrogens with one attached hydrogen (secondary N) is 1. The Morgan fingerprint density at radius 1 is 1.33 bits per heavy atom. The maximum absolute atomic E-state index is 10.1. The van der Waals surface area contributed by atoms with Crippen molar-refractivity contribution < 1.29 is 9.21 Å². The highest BCUT2D eigenvalue weighted by Crippen LogP contribution is 2.09. The highest BCUT2D eigenvalue weighted by molar-refractivity contribution is 5.77. The smallest absolute Gasteiger partial charge is 0.220 e. The third-order valence-electron chi connectivity index (χ3n) is 2.14. The van der Waals surface area contributed by atoms with Crippen molar-refractivity contribution in [2.24, 2.45) is 0 Å². The fourth-order valence-electron chi connectivity index (χ4n) is 1.37.